The monoisotopic (exact) mass is 412 g/mol. The molecular formula is C24H24N6O. The molecule has 5 rings (SSSR count). The predicted molar refractivity (Wildman–Crippen MR) is 120 cm³/mol. The van der Waals surface area contributed by atoms with E-state index in [0.717, 1.165) is 49.4 Å². The molecule has 1 N–H and O–H groups in total. The summed E-state index contributed by atoms with van der Waals surface area (Å²) in [5.41, 5.74) is 3.10. The minimum absolute atomic E-state index is 0.138. The number of nitrogens with one attached hydrogen (secondary N) is 1. The molecule has 2 aromatic carbocycles. The highest BCUT2D eigenvalue weighted by atomic mass is 16.2. The molecule has 1 aliphatic rings. The van der Waals surface area contributed by atoms with Crippen LogP contribution < -0.4 is 5.32 Å². The summed E-state index contributed by atoms with van der Waals surface area (Å²) in [5.74, 6) is 1.37. The Hall–Kier alpha value is -3.74. The van der Waals surface area contributed by atoms with Crippen molar-refractivity contribution in [1.82, 2.24) is 24.5 Å². The zero-order valence-electron chi connectivity index (χ0n) is 17.2. The molecule has 1 fully saturated rings. The zero-order valence-corrected chi connectivity index (χ0v) is 17.2. The van der Waals surface area contributed by atoms with Gasteiger partial charge in [-0.25, -0.2) is 4.98 Å². The number of rotatable bonds is 7. The van der Waals surface area contributed by atoms with Crippen LogP contribution in [0.15, 0.2) is 73.1 Å². The van der Waals surface area contributed by atoms with Crippen LogP contribution in [0.1, 0.15) is 18.4 Å². The van der Waals surface area contributed by atoms with Gasteiger partial charge in [0.15, 0.2) is 0 Å². The number of aryl methyl sites for hydroxylation is 1. The number of benzene rings is 2. The van der Waals surface area contributed by atoms with Crippen molar-refractivity contribution in [2.75, 3.05) is 18.4 Å². The molecule has 0 bridgehead atoms. The van der Waals surface area contributed by atoms with E-state index in [9.17, 15) is 4.79 Å². The standard InChI is InChI=1S/C24H24N6O/c31-23-20(13-15-29(23)14-7-10-18-8-3-1-4-9-18)27-22-16-21(19-11-5-2-6-12-19)28-24-25-17-26-30(22)24/h1-6,8-9,11-12,16-17,20,27H,7,10,13-15H2. The smallest absolute Gasteiger partial charge is 0.254 e. The maximum atomic E-state index is 13.0. The van der Waals surface area contributed by atoms with Crippen LogP contribution in [0.2, 0.25) is 0 Å². The molecule has 1 aliphatic heterocycles. The van der Waals surface area contributed by atoms with Gasteiger partial charge in [-0.3, -0.25) is 4.79 Å². The van der Waals surface area contributed by atoms with Gasteiger partial charge in [0.2, 0.25) is 5.91 Å². The molecule has 3 heterocycles. The average molecular weight is 412 g/mol. The summed E-state index contributed by atoms with van der Waals surface area (Å²) in [6, 6.07) is 22.0. The molecule has 1 unspecified atom stereocenters. The van der Waals surface area contributed by atoms with Crippen molar-refractivity contribution < 1.29 is 4.79 Å². The van der Waals surface area contributed by atoms with Crippen molar-refractivity contribution in [2.24, 2.45) is 0 Å². The third kappa shape index (κ3) is 4.12. The second-order valence-corrected chi connectivity index (χ2v) is 7.76. The van der Waals surface area contributed by atoms with Gasteiger partial charge >= 0.3 is 0 Å². The third-order valence-electron chi connectivity index (χ3n) is 5.68. The van der Waals surface area contributed by atoms with Crippen molar-refractivity contribution in [3.8, 4) is 11.3 Å². The van der Waals surface area contributed by atoms with Crippen LogP contribution in [0.5, 0.6) is 0 Å². The van der Waals surface area contributed by atoms with Crippen LogP contribution in [0, 0.1) is 0 Å². The SMILES string of the molecule is O=C1C(Nc2cc(-c3ccccc3)nc3ncnn23)CCN1CCCc1ccccc1. The molecule has 7 nitrogen and oxygen atoms in total. The highest BCUT2D eigenvalue weighted by Crippen LogP contribution is 2.23. The van der Waals surface area contributed by atoms with Gasteiger partial charge in [-0.1, -0.05) is 60.7 Å². The lowest BCUT2D eigenvalue weighted by Crippen LogP contribution is -2.34. The van der Waals surface area contributed by atoms with Gasteiger partial charge in [-0.2, -0.15) is 14.6 Å². The molecule has 31 heavy (non-hydrogen) atoms. The Morgan fingerprint density at radius 3 is 2.61 bits per heavy atom. The first kappa shape index (κ1) is 19.2. The number of hydrogen-bond donors (Lipinski definition) is 1. The van der Waals surface area contributed by atoms with E-state index in [0.29, 0.717) is 5.78 Å². The van der Waals surface area contributed by atoms with Crippen molar-refractivity contribution in [3.63, 3.8) is 0 Å². The summed E-state index contributed by atoms with van der Waals surface area (Å²) < 4.78 is 1.65. The molecule has 156 valence electrons. The van der Waals surface area contributed by atoms with Crippen molar-refractivity contribution in [1.29, 1.82) is 0 Å². The summed E-state index contributed by atoms with van der Waals surface area (Å²) in [6.45, 7) is 1.54. The van der Waals surface area contributed by atoms with Crippen molar-refractivity contribution >= 4 is 17.5 Å². The molecule has 0 spiro atoms. The Bertz CT molecular complexity index is 1170. The molecule has 0 aliphatic carbocycles. The Balaban J connectivity index is 1.29. The van der Waals surface area contributed by atoms with E-state index in [-0.39, 0.29) is 11.9 Å². The molecule has 4 aromatic rings. The fraction of sp³-hybridized carbons (Fsp3) is 0.250. The first-order chi connectivity index (χ1) is 15.3. The maximum Gasteiger partial charge on any atom is 0.254 e. The molecule has 1 saturated heterocycles. The topological polar surface area (TPSA) is 75.4 Å². The predicted octanol–water partition coefficient (Wildman–Crippen LogP) is 3.44. The van der Waals surface area contributed by atoms with Crippen LogP contribution >= 0.6 is 0 Å². The number of nitrogens with zero attached hydrogens (tertiary/aromatic N) is 5. The van der Waals surface area contributed by atoms with Crippen LogP contribution in [-0.4, -0.2) is 49.5 Å². The van der Waals surface area contributed by atoms with E-state index >= 15 is 0 Å². The van der Waals surface area contributed by atoms with Crippen molar-refractivity contribution in [3.05, 3.63) is 78.6 Å². The second kappa shape index (κ2) is 8.55. The maximum absolute atomic E-state index is 13.0. The number of anilines is 1. The fourth-order valence-corrected chi connectivity index (χ4v) is 4.06. The minimum atomic E-state index is -0.268. The van der Waals surface area contributed by atoms with Crippen LogP contribution in [0.4, 0.5) is 5.82 Å². The summed E-state index contributed by atoms with van der Waals surface area (Å²) in [5, 5.41) is 7.68. The molecule has 0 saturated carbocycles. The Kier molecular flexibility index (Phi) is 5.31. The summed E-state index contributed by atoms with van der Waals surface area (Å²) in [4.78, 5) is 23.8. The number of carbonyl (C=O) groups excluding carboxylic acids is 1. The number of likely N-dealkylation sites (tertiary alicyclic amines) is 1. The lowest BCUT2D eigenvalue weighted by Gasteiger charge is -2.18. The van der Waals surface area contributed by atoms with Crippen LogP contribution in [0.3, 0.4) is 0 Å². The largest absolute Gasteiger partial charge is 0.358 e. The summed E-state index contributed by atoms with van der Waals surface area (Å²) >= 11 is 0. The first-order valence-corrected chi connectivity index (χ1v) is 10.6. The van der Waals surface area contributed by atoms with E-state index in [2.05, 4.69) is 44.6 Å². The summed E-state index contributed by atoms with van der Waals surface area (Å²) in [7, 11) is 0. The molecular weight excluding hydrogens is 388 g/mol. The highest BCUT2D eigenvalue weighted by Gasteiger charge is 2.31. The number of amides is 1. The molecule has 2 aromatic heterocycles. The normalized spacial score (nSPS) is 16.2. The Labute approximate surface area is 180 Å². The lowest BCUT2D eigenvalue weighted by atomic mass is 10.1. The van der Waals surface area contributed by atoms with E-state index in [1.165, 1.54) is 11.9 Å². The first-order valence-electron chi connectivity index (χ1n) is 10.6. The van der Waals surface area contributed by atoms with Crippen LogP contribution in [-0.2, 0) is 11.2 Å². The van der Waals surface area contributed by atoms with Gasteiger partial charge in [0.1, 0.15) is 18.2 Å². The van der Waals surface area contributed by atoms with Gasteiger partial charge in [-0.05, 0) is 24.8 Å². The second-order valence-electron chi connectivity index (χ2n) is 7.76. The quantitative estimate of drug-likeness (QED) is 0.503. The van der Waals surface area contributed by atoms with Gasteiger partial charge in [0.25, 0.3) is 5.78 Å². The number of fused-ring (bicyclic) bond motifs is 1. The van der Waals surface area contributed by atoms with Gasteiger partial charge < -0.3 is 10.2 Å². The van der Waals surface area contributed by atoms with Gasteiger partial charge in [-0.15, -0.1) is 0 Å². The van der Waals surface area contributed by atoms with E-state index in [1.807, 2.05) is 47.4 Å². The zero-order chi connectivity index (χ0) is 21.0. The van der Waals surface area contributed by atoms with E-state index in [1.54, 1.807) is 4.52 Å². The highest BCUT2D eigenvalue weighted by molar-refractivity contribution is 5.86. The Morgan fingerprint density at radius 1 is 1.03 bits per heavy atom. The minimum Gasteiger partial charge on any atom is -0.358 e. The number of aromatic nitrogens is 4. The third-order valence-corrected chi connectivity index (χ3v) is 5.68. The number of carbonyl (C=O) groups is 1. The van der Waals surface area contributed by atoms with Crippen LogP contribution in [0.25, 0.3) is 17.0 Å². The average Bonchev–Trinajstić information content (AvgIpc) is 3.43. The van der Waals surface area contributed by atoms with Gasteiger partial charge in [0, 0.05) is 24.7 Å². The molecule has 0 radical (unpaired) electrons. The number of hydrogen-bond acceptors (Lipinski definition) is 5. The van der Waals surface area contributed by atoms with E-state index < -0.39 is 0 Å². The lowest BCUT2D eigenvalue weighted by molar-refractivity contribution is -0.128. The fourth-order valence-electron chi connectivity index (χ4n) is 4.06. The van der Waals surface area contributed by atoms with Crippen molar-refractivity contribution in [2.45, 2.75) is 25.3 Å². The van der Waals surface area contributed by atoms with Gasteiger partial charge in [0.05, 0.1) is 5.69 Å². The molecule has 1 amide bonds. The van der Waals surface area contributed by atoms with E-state index in [4.69, 9.17) is 0 Å². The summed E-state index contributed by atoms with van der Waals surface area (Å²) in [6.07, 6.45) is 4.19. The Morgan fingerprint density at radius 2 is 1.81 bits per heavy atom. The molecule has 1 atom stereocenters. The molecule has 7 heteroatoms.